The van der Waals surface area contributed by atoms with E-state index in [0.29, 0.717) is 24.3 Å². The van der Waals surface area contributed by atoms with Gasteiger partial charge in [-0.15, -0.1) is 0 Å². The highest BCUT2D eigenvalue weighted by Crippen LogP contribution is 2.55. The number of aliphatic hydroxyl groups is 2. The van der Waals surface area contributed by atoms with E-state index in [1.807, 2.05) is 64.1 Å². The van der Waals surface area contributed by atoms with E-state index in [1.165, 1.54) is 13.0 Å². The molecule has 0 aliphatic carbocycles. The zero-order chi connectivity index (χ0) is 36.7. The molecule has 2 bridgehead atoms. The van der Waals surface area contributed by atoms with Gasteiger partial charge >= 0.3 is 23.9 Å². The number of benzene rings is 1. The van der Waals surface area contributed by atoms with Gasteiger partial charge in [0, 0.05) is 26.0 Å². The number of amides is 1. The zero-order valence-corrected chi connectivity index (χ0v) is 28.3. The third-order valence-corrected chi connectivity index (χ3v) is 9.16. The maximum absolute atomic E-state index is 13.0. The van der Waals surface area contributed by atoms with Crippen molar-refractivity contribution in [2.75, 3.05) is 6.54 Å². The Hall–Kier alpha value is -4.11. The Kier molecular flexibility index (Phi) is 12.9. The number of carboxylic acids is 3. The molecule has 6 N–H and O–H groups in total. The van der Waals surface area contributed by atoms with Crippen LogP contribution in [0.4, 0.5) is 0 Å². The smallest absolute Gasteiger partial charge is 0.344 e. The number of nitrogens with one attached hydrogen (secondary N) is 1. The average Bonchev–Trinajstić information content (AvgIpc) is 3.25. The Bertz CT molecular complexity index is 1440. The van der Waals surface area contributed by atoms with Gasteiger partial charge in [-0.3, -0.25) is 4.79 Å². The molecule has 1 aromatic carbocycles. The highest BCUT2D eigenvalue weighted by atomic mass is 16.8. The highest BCUT2D eigenvalue weighted by Gasteiger charge is 2.85. The standard InChI is InChI=1S/C35H47NO13/c1-6-20(2)16-21(3)12-13-26(38)47-28-27(39)33(48-29(30(40)41)34(46,31(42)43)35(28,49-33)32(44)45)15-14-25(19-36-23(5)37)18-22(4)17-24-10-8-7-9-11-24/h7-13,18,20-22,27-29,39,46H,6,14-17,19H2,1-5H3,(H,36,37)(H,40,41)(H,42,43)(H,44,45). The molecule has 2 fully saturated rings. The van der Waals surface area contributed by atoms with Crippen molar-refractivity contribution in [2.45, 2.75) is 102 Å². The summed E-state index contributed by atoms with van der Waals surface area (Å²) in [5.74, 6) is -10.6. The number of fused-ring (bicyclic) bond motifs is 2. The molecule has 14 heteroatoms. The third kappa shape index (κ3) is 8.38. The molecule has 0 spiro atoms. The van der Waals surface area contributed by atoms with E-state index >= 15 is 0 Å². The third-order valence-electron chi connectivity index (χ3n) is 9.16. The molecule has 0 aromatic heterocycles. The molecule has 2 aliphatic heterocycles. The number of allylic oxidation sites excluding steroid dienone is 2. The molecule has 2 saturated heterocycles. The monoisotopic (exact) mass is 689 g/mol. The predicted octanol–water partition coefficient (Wildman–Crippen LogP) is 2.46. The summed E-state index contributed by atoms with van der Waals surface area (Å²) in [7, 11) is 0. The summed E-state index contributed by atoms with van der Waals surface area (Å²) >= 11 is 0. The summed E-state index contributed by atoms with van der Waals surface area (Å²) < 4.78 is 16.6. The first-order chi connectivity index (χ1) is 22.9. The van der Waals surface area contributed by atoms with Crippen LogP contribution in [-0.4, -0.2) is 97.2 Å². The van der Waals surface area contributed by atoms with Crippen LogP contribution in [0.3, 0.4) is 0 Å². The largest absolute Gasteiger partial charge is 0.479 e. The van der Waals surface area contributed by atoms with Crippen molar-refractivity contribution in [2.24, 2.45) is 17.8 Å². The lowest BCUT2D eigenvalue weighted by molar-refractivity contribution is -0.374. The lowest BCUT2D eigenvalue weighted by atomic mass is 9.74. The van der Waals surface area contributed by atoms with Crippen LogP contribution in [0.2, 0.25) is 0 Å². The number of carboxylic acid groups (broad SMARTS) is 3. The van der Waals surface area contributed by atoms with E-state index in [2.05, 4.69) is 5.32 Å². The summed E-state index contributed by atoms with van der Waals surface area (Å²) in [6.07, 6.45) is -1.51. The molecule has 270 valence electrons. The van der Waals surface area contributed by atoms with Crippen LogP contribution in [-0.2, 0) is 44.6 Å². The molecule has 14 nitrogen and oxygen atoms in total. The summed E-state index contributed by atoms with van der Waals surface area (Å²) in [6, 6.07) is 9.55. The van der Waals surface area contributed by atoms with Gasteiger partial charge in [0.05, 0.1) is 0 Å². The minimum Gasteiger partial charge on any atom is -0.479 e. The molecular formula is C35H47NO13. The van der Waals surface area contributed by atoms with Gasteiger partial charge in [0.25, 0.3) is 0 Å². The number of carbonyl (C=O) groups excluding carboxylic acids is 2. The van der Waals surface area contributed by atoms with Crippen molar-refractivity contribution < 1.29 is 63.7 Å². The van der Waals surface area contributed by atoms with Crippen molar-refractivity contribution in [1.29, 1.82) is 0 Å². The fraction of sp³-hybridized carbons (Fsp3) is 0.571. The van der Waals surface area contributed by atoms with Gasteiger partial charge in [-0.1, -0.05) is 82.2 Å². The van der Waals surface area contributed by atoms with Gasteiger partial charge < -0.3 is 45.1 Å². The molecule has 1 aromatic rings. The number of ether oxygens (including phenoxy) is 3. The molecular weight excluding hydrogens is 642 g/mol. The van der Waals surface area contributed by atoms with Crippen LogP contribution in [0, 0.1) is 17.8 Å². The van der Waals surface area contributed by atoms with Gasteiger partial charge in [-0.25, -0.2) is 19.2 Å². The van der Waals surface area contributed by atoms with Crippen molar-refractivity contribution in [3.63, 3.8) is 0 Å². The van der Waals surface area contributed by atoms with Crippen molar-refractivity contribution in [1.82, 2.24) is 5.32 Å². The molecule has 49 heavy (non-hydrogen) atoms. The van der Waals surface area contributed by atoms with Crippen LogP contribution >= 0.6 is 0 Å². The van der Waals surface area contributed by atoms with Crippen LogP contribution in [0.25, 0.3) is 0 Å². The second-order valence-electron chi connectivity index (χ2n) is 13.2. The number of hydrogen-bond donors (Lipinski definition) is 6. The first-order valence-corrected chi connectivity index (χ1v) is 16.3. The highest BCUT2D eigenvalue weighted by molar-refractivity contribution is 5.98. The number of rotatable bonds is 17. The molecule has 9 atom stereocenters. The fourth-order valence-electron chi connectivity index (χ4n) is 6.48. The SMILES string of the molecule is CCC(C)CC(C)C=CC(=O)OC1C(O)C2(CCC(=CC(C)Cc3ccccc3)CNC(C)=O)OC(C(=O)O)C(O)(C(=O)O)C1(C(=O)O)O2. The van der Waals surface area contributed by atoms with Gasteiger partial charge in [-0.05, 0) is 42.6 Å². The molecule has 9 unspecified atom stereocenters. The second kappa shape index (κ2) is 16.1. The van der Waals surface area contributed by atoms with Gasteiger partial charge in [0.15, 0.2) is 6.10 Å². The molecule has 2 heterocycles. The molecule has 0 radical (unpaired) electrons. The van der Waals surface area contributed by atoms with E-state index in [1.54, 1.807) is 0 Å². The van der Waals surface area contributed by atoms with E-state index in [0.717, 1.165) is 18.1 Å². The summed E-state index contributed by atoms with van der Waals surface area (Å²) in [4.78, 5) is 62.8. The van der Waals surface area contributed by atoms with Crippen LogP contribution in [0.1, 0.15) is 65.9 Å². The molecule has 1 amide bonds. The minimum absolute atomic E-state index is 0.0180. The summed E-state index contributed by atoms with van der Waals surface area (Å²) in [5.41, 5.74) is -5.79. The van der Waals surface area contributed by atoms with Gasteiger partial charge in [-0.2, -0.15) is 0 Å². The number of esters is 1. The first-order valence-electron chi connectivity index (χ1n) is 16.3. The number of aliphatic hydroxyl groups excluding tert-OH is 1. The topological polar surface area (TPSA) is 226 Å². The normalized spacial score (nSPS) is 29.9. The Balaban J connectivity index is 2.04. The van der Waals surface area contributed by atoms with Crippen LogP contribution < -0.4 is 5.32 Å². The lowest BCUT2D eigenvalue weighted by Crippen LogP contribution is -2.78. The summed E-state index contributed by atoms with van der Waals surface area (Å²) in [6.45, 7) is 9.12. The lowest BCUT2D eigenvalue weighted by Gasteiger charge is -2.48. The average molecular weight is 690 g/mol. The van der Waals surface area contributed by atoms with Crippen molar-refractivity contribution >= 4 is 29.8 Å². The number of carbonyl (C=O) groups is 5. The number of aliphatic carboxylic acids is 3. The fourth-order valence-corrected chi connectivity index (χ4v) is 6.48. The van der Waals surface area contributed by atoms with Gasteiger partial charge in [0.1, 0.15) is 6.10 Å². The van der Waals surface area contributed by atoms with Crippen LogP contribution in [0.15, 0.2) is 54.1 Å². The molecule has 3 rings (SSSR count). The quantitative estimate of drug-likeness (QED) is 0.0786. The summed E-state index contributed by atoms with van der Waals surface area (Å²) in [5, 5.41) is 56.3. The maximum atomic E-state index is 13.0. The van der Waals surface area contributed by atoms with E-state index in [4.69, 9.17) is 14.2 Å². The van der Waals surface area contributed by atoms with Crippen LogP contribution in [0.5, 0.6) is 0 Å². The van der Waals surface area contributed by atoms with E-state index in [9.17, 15) is 49.5 Å². The second-order valence-corrected chi connectivity index (χ2v) is 13.2. The Morgan fingerprint density at radius 3 is 2.22 bits per heavy atom. The molecule has 0 saturated carbocycles. The van der Waals surface area contributed by atoms with E-state index < -0.39 is 65.6 Å². The maximum Gasteiger partial charge on any atom is 0.344 e. The van der Waals surface area contributed by atoms with Gasteiger partial charge in [0.2, 0.25) is 29.0 Å². The van der Waals surface area contributed by atoms with E-state index in [-0.39, 0.29) is 30.7 Å². The first kappa shape index (κ1) is 39.3. The number of hydrogen-bond acceptors (Lipinski definition) is 10. The predicted molar refractivity (Wildman–Crippen MR) is 173 cm³/mol. The van der Waals surface area contributed by atoms with Crippen molar-refractivity contribution in [3.05, 3.63) is 59.7 Å². The molecule has 2 aliphatic rings. The Morgan fingerprint density at radius 2 is 1.67 bits per heavy atom. The minimum atomic E-state index is -3.87. The van der Waals surface area contributed by atoms with Crippen molar-refractivity contribution in [3.8, 4) is 0 Å². The zero-order valence-electron chi connectivity index (χ0n) is 28.3. The Labute approximate surface area is 284 Å². The Morgan fingerprint density at radius 1 is 1.02 bits per heavy atom.